The highest BCUT2D eigenvalue weighted by Crippen LogP contribution is 2.33. The predicted molar refractivity (Wildman–Crippen MR) is 124 cm³/mol. The molecule has 0 bridgehead atoms. The second-order valence-corrected chi connectivity index (χ2v) is 9.03. The number of aromatic nitrogens is 1. The first-order chi connectivity index (χ1) is 14.5. The highest BCUT2D eigenvalue weighted by molar-refractivity contribution is 7.22. The van der Waals surface area contributed by atoms with E-state index >= 15 is 0 Å². The van der Waals surface area contributed by atoms with Crippen LogP contribution in [0.3, 0.4) is 0 Å². The van der Waals surface area contributed by atoms with Gasteiger partial charge in [-0.15, -0.1) is 0 Å². The first-order valence-electron chi connectivity index (χ1n) is 10.2. The fourth-order valence-corrected chi connectivity index (χ4v) is 5.01. The van der Waals surface area contributed by atoms with E-state index in [0.717, 1.165) is 59.3 Å². The number of carbonyl (C=O) groups excluding carboxylic acids is 1. The molecule has 1 amide bonds. The summed E-state index contributed by atoms with van der Waals surface area (Å²) in [4.78, 5) is 22.4. The summed E-state index contributed by atoms with van der Waals surface area (Å²) in [6, 6.07) is 11.7. The third-order valence-corrected chi connectivity index (χ3v) is 7.09. The molecule has 1 aliphatic heterocycles. The van der Waals surface area contributed by atoms with Crippen LogP contribution in [0.4, 0.5) is 5.13 Å². The Balaban J connectivity index is 1.62. The topological polar surface area (TPSA) is 45.7 Å². The molecule has 0 unspecified atom stereocenters. The van der Waals surface area contributed by atoms with Crippen LogP contribution in [-0.2, 0) is 16.0 Å². The minimum atomic E-state index is 0.0192. The summed E-state index contributed by atoms with van der Waals surface area (Å²) in [5.74, 6) is 0.0192. The van der Waals surface area contributed by atoms with E-state index in [2.05, 4.69) is 30.9 Å². The number of thiazole rings is 1. The number of benzene rings is 2. The molecular weight excluding hydrogens is 418 g/mol. The number of hydrogen-bond acceptors (Lipinski definition) is 5. The van der Waals surface area contributed by atoms with Crippen molar-refractivity contribution >= 4 is 44.2 Å². The minimum absolute atomic E-state index is 0.0192. The van der Waals surface area contributed by atoms with Crippen molar-refractivity contribution in [2.24, 2.45) is 0 Å². The van der Waals surface area contributed by atoms with Crippen LogP contribution in [0.5, 0.6) is 0 Å². The van der Waals surface area contributed by atoms with Crippen LogP contribution in [-0.4, -0.2) is 55.2 Å². The van der Waals surface area contributed by atoms with E-state index < -0.39 is 0 Å². The molecular formula is C23H26ClN3O2S. The number of amides is 1. The summed E-state index contributed by atoms with van der Waals surface area (Å²) in [5, 5.41) is 1.38. The SMILES string of the molecule is Cc1ccc(C)c2sc(N(CCN3CCOCC3)C(=O)Cc3ccccc3Cl)nc12. The van der Waals surface area contributed by atoms with E-state index in [0.29, 0.717) is 11.6 Å². The lowest BCUT2D eigenvalue weighted by molar-refractivity contribution is -0.118. The minimum Gasteiger partial charge on any atom is -0.379 e. The third-order valence-electron chi connectivity index (χ3n) is 5.51. The zero-order valence-electron chi connectivity index (χ0n) is 17.4. The van der Waals surface area contributed by atoms with Crippen molar-refractivity contribution in [1.29, 1.82) is 0 Å². The normalized spacial score (nSPS) is 14.9. The molecule has 0 saturated carbocycles. The first kappa shape index (κ1) is 21.2. The Morgan fingerprint density at radius 3 is 2.63 bits per heavy atom. The van der Waals surface area contributed by atoms with E-state index in [-0.39, 0.29) is 12.3 Å². The van der Waals surface area contributed by atoms with Gasteiger partial charge in [-0.05, 0) is 36.6 Å². The largest absolute Gasteiger partial charge is 0.379 e. The number of morpholine rings is 1. The van der Waals surface area contributed by atoms with Crippen LogP contribution in [0.2, 0.25) is 5.02 Å². The van der Waals surface area contributed by atoms with Gasteiger partial charge in [0.05, 0.1) is 29.9 Å². The lowest BCUT2D eigenvalue weighted by Gasteiger charge is -2.29. The van der Waals surface area contributed by atoms with Crippen LogP contribution in [0.15, 0.2) is 36.4 Å². The van der Waals surface area contributed by atoms with E-state index in [1.807, 2.05) is 29.2 Å². The van der Waals surface area contributed by atoms with Gasteiger partial charge >= 0.3 is 0 Å². The monoisotopic (exact) mass is 443 g/mol. The molecule has 1 aliphatic rings. The van der Waals surface area contributed by atoms with Gasteiger partial charge in [-0.3, -0.25) is 14.6 Å². The molecule has 0 radical (unpaired) electrons. The number of nitrogens with zero attached hydrogens (tertiary/aromatic N) is 3. The molecule has 0 N–H and O–H groups in total. The van der Waals surface area contributed by atoms with Crippen LogP contribution < -0.4 is 4.90 Å². The van der Waals surface area contributed by atoms with Gasteiger partial charge in [0, 0.05) is 31.2 Å². The molecule has 0 aliphatic carbocycles. The molecule has 30 heavy (non-hydrogen) atoms. The highest BCUT2D eigenvalue weighted by atomic mass is 35.5. The number of anilines is 1. The van der Waals surface area contributed by atoms with Gasteiger partial charge in [-0.1, -0.05) is 53.3 Å². The molecule has 5 nitrogen and oxygen atoms in total. The Hall–Kier alpha value is -1.99. The molecule has 2 heterocycles. The first-order valence-corrected chi connectivity index (χ1v) is 11.4. The van der Waals surface area contributed by atoms with Gasteiger partial charge in [0.25, 0.3) is 0 Å². The van der Waals surface area contributed by atoms with Crippen LogP contribution in [0.1, 0.15) is 16.7 Å². The molecule has 4 rings (SSSR count). The van der Waals surface area contributed by atoms with Crippen molar-refractivity contribution < 1.29 is 9.53 Å². The molecule has 2 aromatic carbocycles. The predicted octanol–water partition coefficient (Wildman–Crippen LogP) is 4.47. The van der Waals surface area contributed by atoms with E-state index in [1.165, 1.54) is 5.56 Å². The molecule has 1 aromatic heterocycles. The van der Waals surface area contributed by atoms with E-state index in [1.54, 1.807) is 11.3 Å². The number of ether oxygens (including phenoxy) is 1. The maximum Gasteiger partial charge on any atom is 0.233 e. The van der Waals surface area contributed by atoms with E-state index in [9.17, 15) is 4.79 Å². The van der Waals surface area contributed by atoms with Crippen molar-refractivity contribution in [3.63, 3.8) is 0 Å². The Morgan fingerprint density at radius 2 is 1.90 bits per heavy atom. The van der Waals surface area contributed by atoms with Crippen molar-refractivity contribution in [2.75, 3.05) is 44.3 Å². The summed E-state index contributed by atoms with van der Waals surface area (Å²) >= 11 is 7.91. The zero-order chi connectivity index (χ0) is 21.1. The van der Waals surface area contributed by atoms with Gasteiger partial charge in [0.2, 0.25) is 5.91 Å². The lowest BCUT2D eigenvalue weighted by atomic mass is 10.1. The molecule has 3 aromatic rings. The van der Waals surface area contributed by atoms with Gasteiger partial charge < -0.3 is 4.74 Å². The number of fused-ring (bicyclic) bond motifs is 1. The standard InChI is InChI=1S/C23H26ClN3O2S/c1-16-7-8-17(2)22-21(16)25-23(30-22)27(10-9-26-11-13-29-14-12-26)20(28)15-18-5-3-4-6-19(18)24/h3-8H,9-15H2,1-2H3. The molecule has 1 fully saturated rings. The summed E-state index contributed by atoms with van der Waals surface area (Å²) in [6.07, 6.45) is 0.261. The van der Waals surface area contributed by atoms with Crippen LogP contribution in [0.25, 0.3) is 10.2 Å². The number of rotatable bonds is 6. The van der Waals surface area contributed by atoms with Crippen LogP contribution >= 0.6 is 22.9 Å². The molecule has 7 heteroatoms. The number of aryl methyl sites for hydroxylation is 2. The van der Waals surface area contributed by atoms with Crippen molar-refractivity contribution in [2.45, 2.75) is 20.3 Å². The molecule has 0 spiro atoms. The van der Waals surface area contributed by atoms with Crippen molar-refractivity contribution in [3.05, 3.63) is 58.1 Å². The summed E-state index contributed by atoms with van der Waals surface area (Å²) in [5.41, 5.74) is 4.14. The third kappa shape index (κ3) is 4.67. The van der Waals surface area contributed by atoms with Crippen molar-refractivity contribution in [1.82, 2.24) is 9.88 Å². The van der Waals surface area contributed by atoms with Gasteiger partial charge in [0.1, 0.15) is 0 Å². The number of carbonyl (C=O) groups is 1. The quantitative estimate of drug-likeness (QED) is 0.563. The van der Waals surface area contributed by atoms with Crippen molar-refractivity contribution in [3.8, 4) is 0 Å². The highest BCUT2D eigenvalue weighted by Gasteiger charge is 2.23. The number of hydrogen-bond donors (Lipinski definition) is 0. The second kappa shape index (κ2) is 9.43. The van der Waals surface area contributed by atoms with Gasteiger partial charge in [-0.2, -0.15) is 0 Å². The Morgan fingerprint density at radius 1 is 1.17 bits per heavy atom. The summed E-state index contributed by atoms with van der Waals surface area (Å²) in [7, 11) is 0. The molecule has 1 saturated heterocycles. The average Bonchev–Trinajstić information content (AvgIpc) is 3.20. The Kier molecular flexibility index (Phi) is 6.68. The van der Waals surface area contributed by atoms with Gasteiger partial charge in [0.15, 0.2) is 5.13 Å². The average molecular weight is 444 g/mol. The zero-order valence-corrected chi connectivity index (χ0v) is 18.9. The fourth-order valence-electron chi connectivity index (χ4n) is 3.66. The van der Waals surface area contributed by atoms with Crippen LogP contribution in [0, 0.1) is 13.8 Å². The smallest absolute Gasteiger partial charge is 0.233 e. The van der Waals surface area contributed by atoms with Gasteiger partial charge in [-0.25, -0.2) is 4.98 Å². The lowest BCUT2D eigenvalue weighted by Crippen LogP contribution is -2.43. The van der Waals surface area contributed by atoms with E-state index in [4.69, 9.17) is 21.3 Å². The Labute approximate surface area is 186 Å². The maximum absolute atomic E-state index is 13.4. The summed E-state index contributed by atoms with van der Waals surface area (Å²) < 4.78 is 6.60. The second-order valence-electron chi connectivity index (χ2n) is 7.64. The molecule has 0 atom stereocenters. The number of halogens is 1. The fraction of sp³-hybridized carbons (Fsp3) is 0.391. The summed E-state index contributed by atoms with van der Waals surface area (Å²) in [6.45, 7) is 8.82. The molecule has 158 valence electrons. The maximum atomic E-state index is 13.4. The Bertz CT molecular complexity index is 1010.